The predicted molar refractivity (Wildman–Crippen MR) is 83.0 cm³/mol. The van der Waals surface area contributed by atoms with Crippen LogP contribution in [0.1, 0.15) is 5.56 Å². The number of hydrogen-bond donors (Lipinski definition) is 2. The van der Waals surface area contributed by atoms with Crippen molar-refractivity contribution in [3.8, 4) is 5.75 Å². The number of carbonyl (C=O) groups is 1. The maximum absolute atomic E-state index is 11.8. The van der Waals surface area contributed by atoms with Crippen molar-refractivity contribution in [2.75, 3.05) is 11.9 Å². The van der Waals surface area contributed by atoms with Crippen LogP contribution in [0.2, 0.25) is 10.0 Å². The highest BCUT2D eigenvalue weighted by Gasteiger charge is 2.06. The minimum absolute atomic E-state index is 0.0799. The number of ether oxygens (including phenoxy) is 1. The van der Waals surface area contributed by atoms with Gasteiger partial charge in [-0.3, -0.25) is 4.79 Å². The van der Waals surface area contributed by atoms with Crippen molar-refractivity contribution >= 4 is 34.8 Å². The summed E-state index contributed by atoms with van der Waals surface area (Å²) in [5, 5.41) is 12.5. The molecule has 0 bridgehead atoms. The Bertz CT molecular complexity index is 647. The van der Waals surface area contributed by atoms with Crippen LogP contribution in [0.4, 0.5) is 5.69 Å². The van der Waals surface area contributed by atoms with E-state index in [-0.39, 0.29) is 19.1 Å². The van der Waals surface area contributed by atoms with Gasteiger partial charge in [-0.1, -0.05) is 35.3 Å². The SMILES string of the molecule is O=C(COc1ccc(Cl)c(Cl)c1)Nc1cccc(CO)c1. The van der Waals surface area contributed by atoms with E-state index in [0.29, 0.717) is 21.5 Å². The van der Waals surface area contributed by atoms with Gasteiger partial charge in [-0.05, 0) is 29.8 Å². The molecule has 0 spiro atoms. The molecule has 0 heterocycles. The molecule has 0 aromatic heterocycles. The lowest BCUT2D eigenvalue weighted by Gasteiger charge is -2.09. The third kappa shape index (κ3) is 4.63. The summed E-state index contributed by atoms with van der Waals surface area (Å²) in [6.45, 7) is -0.231. The predicted octanol–water partition coefficient (Wildman–Crippen LogP) is 3.50. The molecule has 0 aliphatic heterocycles. The summed E-state index contributed by atoms with van der Waals surface area (Å²) in [6, 6.07) is 11.7. The number of carbonyl (C=O) groups excluding carboxylic acids is 1. The Balaban J connectivity index is 1.90. The Morgan fingerprint density at radius 3 is 2.67 bits per heavy atom. The normalized spacial score (nSPS) is 10.2. The standard InChI is InChI=1S/C15H13Cl2NO3/c16-13-5-4-12(7-14(13)17)21-9-15(20)18-11-3-1-2-10(6-11)8-19/h1-7,19H,8-9H2,(H,18,20). The van der Waals surface area contributed by atoms with Crippen LogP contribution >= 0.6 is 23.2 Å². The Morgan fingerprint density at radius 2 is 1.95 bits per heavy atom. The third-order valence-electron chi connectivity index (χ3n) is 2.65. The number of rotatable bonds is 5. The molecule has 0 saturated carbocycles. The van der Waals surface area contributed by atoms with Gasteiger partial charge in [0.05, 0.1) is 16.7 Å². The van der Waals surface area contributed by atoms with Crippen molar-refractivity contribution in [3.63, 3.8) is 0 Å². The zero-order chi connectivity index (χ0) is 15.2. The lowest BCUT2D eigenvalue weighted by atomic mass is 10.2. The number of nitrogens with one attached hydrogen (secondary N) is 1. The van der Waals surface area contributed by atoms with Gasteiger partial charge < -0.3 is 15.2 Å². The molecule has 0 aliphatic rings. The topological polar surface area (TPSA) is 58.6 Å². The highest BCUT2D eigenvalue weighted by Crippen LogP contribution is 2.26. The van der Waals surface area contributed by atoms with E-state index >= 15 is 0 Å². The van der Waals surface area contributed by atoms with Gasteiger partial charge in [0.2, 0.25) is 0 Å². The van der Waals surface area contributed by atoms with Crippen LogP contribution in [0.3, 0.4) is 0 Å². The van der Waals surface area contributed by atoms with Gasteiger partial charge in [-0.25, -0.2) is 0 Å². The van der Waals surface area contributed by atoms with Gasteiger partial charge in [0.1, 0.15) is 5.75 Å². The molecule has 110 valence electrons. The minimum atomic E-state index is -0.309. The Labute approximate surface area is 132 Å². The summed E-state index contributed by atoms with van der Waals surface area (Å²) in [6.07, 6.45) is 0. The van der Waals surface area contributed by atoms with Crippen molar-refractivity contribution in [2.45, 2.75) is 6.61 Å². The van der Waals surface area contributed by atoms with E-state index in [1.54, 1.807) is 42.5 Å². The van der Waals surface area contributed by atoms with Crippen LogP contribution in [0.25, 0.3) is 0 Å². The highest BCUT2D eigenvalue weighted by molar-refractivity contribution is 6.42. The third-order valence-corrected chi connectivity index (χ3v) is 3.39. The number of aliphatic hydroxyl groups excluding tert-OH is 1. The first kappa shape index (κ1) is 15.6. The van der Waals surface area contributed by atoms with E-state index in [2.05, 4.69) is 5.32 Å². The zero-order valence-corrected chi connectivity index (χ0v) is 12.5. The molecule has 2 N–H and O–H groups in total. The molecule has 21 heavy (non-hydrogen) atoms. The van der Waals surface area contributed by atoms with Crippen LogP contribution in [-0.2, 0) is 11.4 Å². The highest BCUT2D eigenvalue weighted by atomic mass is 35.5. The molecule has 1 amide bonds. The number of hydrogen-bond acceptors (Lipinski definition) is 3. The van der Waals surface area contributed by atoms with E-state index < -0.39 is 0 Å². The molecule has 0 radical (unpaired) electrons. The van der Waals surface area contributed by atoms with Gasteiger partial charge in [0.25, 0.3) is 5.91 Å². The Hall–Kier alpha value is -1.75. The molecule has 0 fully saturated rings. The van der Waals surface area contributed by atoms with Gasteiger partial charge >= 0.3 is 0 Å². The maximum Gasteiger partial charge on any atom is 0.262 e. The molecule has 0 atom stereocenters. The fraction of sp³-hybridized carbons (Fsp3) is 0.133. The molecule has 2 rings (SSSR count). The molecular weight excluding hydrogens is 313 g/mol. The van der Waals surface area contributed by atoms with Crippen molar-refractivity contribution in [3.05, 3.63) is 58.1 Å². The van der Waals surface area contributed by atoms with Crippen LogP contribution in [0.5, 0.6) is 5.75 Å². The minimum Gasteiger partial charge on any atom is -0.484 e. The summed E-state index contributed by atoms with van der Waals surface area (Å²) < 4.78 is 5.33. The number of halogens is 2. The molecular formula is C15H13Cl2NO3. The fourth-order valence-electron chi connectivity index (χ4n) is 1.66. The fourth-order valence-corrected chi connectivity index (χ4v) is 1.95. The van der Waals surface area contributed by atoms with Gasteiger partial charge in [0, 0.05) is 11.8 Å². The smallest absolute Gasteiger partial charge is 0.262 e. The first-order valence-electron chi connectivity index (χ1n) is 6.16. The summed E-state index contributed by atoms with van der Waals surface area (Å²) in [5.74, 6) is 0.153. The lowest BCUT2D eigenvalue weighted by Crippen LogP contribution is -2.20. The van der Waals surface area contributed by atoms with Crippen molar-refractivity contribution < 1.29 is 14.6 Å². The van der Waals surface area contributed by atoms with Gasteiger partial charge in [-0.15, -0.1) is 0 Å². The second-order valence-electron chi connectivity index (χ2n) is 4.27. The average Bonchev–Trinajstić information content (AvgIpc) is 2.48. The van der Waals surface area contributed by atoms with Crippen molar-refractivity contribution in [1.29, 1.82) is 0 Å². The number of aliphatic hydroxyl groups is 1. The van der Waals surface area contributed by atoms with Crippen molar-refractivity contribution in [1.82, 2.24) is 0 Å². The molecule has 0 aliphatic carbocycles. The first-order chi connectivity index (χ1) is 10.1. The van der Waals surface area contributed by atoms with Crippen molar-refractivity contribution in [2.24, 2.45) is 0 Å². The lowest BCUT2D eigenvalue weighted by molar-refractivity contribution is -0.118. The number of amides is 1. The largest absolute Gasteiger partial charge is 0.484 e. The van der Waals surface area contributed by atoms with Crippen LogP contribution < -0.4 is 10.1 Å². The van der Waals surface area contributed by atoms with E-state index in [1.165, 1.54) is 0 Å². The maximum atomic E-state index is 11.8. The molecule has 0 unspecified atom stereocenters. The molecule has 4 nitrogen and oxygen atoms in total. The van der Waals surface area contributed by atoms with E-state index in [0.717, 1.165) is 5.56 Å². The quantitative estimate of drug-likeness (QED) is 0.884. The van der Waals surface area contributed by atoms with Crippen LogP contribution in [0.15, 0.2) is 42.5 Å². The average molecular weight is 326 g/mol. The molecule has 2 aromatic carbocycles. The van der Waals surface area contributed by atoms with Gasteiger partial charge in [0.15, 0.2) is 6.61 Å². The molecule has 0 saturated heterocycles. The Morgan fingerprint density at radius 1 is 1.14 bits per heavy atom. The number of benzene rings is 2. The first-order valence-corrected chi connectivity index (χ1v) is 6.91. The van der Waals surface area contributed by atoms with E-state index in [9.17, 15) is 4.79 Å². The second-order valence-corrected chi connectivity index (χ2v) is 5.09. The monoisotopic (exact) mass is 325 g/mol. The van der Waals surface area contributed by atoms with Gasteiger partial charge in [-0.2, -0.15) is 0 Å². The van der Waals surface area contributed by atoms with Crippen LogP contribution in [-0.4, -0.2) is 17.6 Å². The second kappa shape index (κ2) is 7.31. The summed E-state index contributed by atoms with van der Waals surface area (Å²) in [4.78, 5) is 11.8. The molecule has 2 aromatic rings. The zero-order valence-electron chi connectivity index (χ0n) is 11.0. The summed E-state index contributed by atoms with van der Waals surface area (Å²) in [5.41, 5.74) is 1.32. The molecule has 6 heteroatoms. The summed E-state index contributed by atoms with van der Waals surface area (Å²) in [7, 11) is 0. The number of anilines is 1. The van der Waals surface area contributed by atoms with E-state index in [1.807, 2.05) is 0 Å². The summed E-state index contributed by atoms with van der Waals surface area (Å²) >= 11 is 11.6. The van der Waals surface area contributed by atoms with E-state index in [4.69, 9.17) is 33.0 Å². The Kier molecular flexibility index (Phi) is 5.44. The van der Waals surface area contributed by atoms with Crippen LogP contribution in [0, 0.1) is 0 Å².